The van der Waals surface area contributed by atoms with Crippen LogP contribution < -0.4 is 10.9 Å². The van der Waals surface area contributed by atoms with E-state index in [1.165, 1.54) is 4.57 Å². The molecule has 0 aliphatic rings. The van der Waals surface area contributed by atoms with Gasteiger partial charge in [-0.3, -0.25) is 14.6 Å². The number of amides is 1. The Hall–Kier alpha value is -4.00. The highest BCUT2D eigenvalue weighted by Gasteiger charge is 2.12. The number of hydrogen-bond acceptors (Lipinski definition) is 4. The number of nitrogens with one attached hydrogen (secondary N) is 2. The molecule has 0 spiro atoms. The third-order valence-corrected chi connectivity index (χ3v) is 4.98. The minimum atomic E-state index is -0.435. The van der Waals surface area contributed by atoms with Crippen molar-refractivity contribution in [1.29, 1.82) is 0 Å². The highest BCUT2D eigenvalue weighted by Crippen LogP contribution is 2.31. The van der Waals surface area contributed by atoms with Crippen LogP contribution >= 0.6 is 0 Å². The Morgan fingerprint density at radius 2 is 2.07 bits per heavy atom. The molecule has 0 unspecified atom stereocenters. The van der Waals surface area contributed by atoms with E-state index in [1.807, 2.05) is 24.5 Å². The predicted octanol–water partition coefficient (Wildman–Crippen LogP) is 3.68. The zero-order valence-electron chi connectivity index (χ0n) is 16.8. The molecular weight excluding hydrogens is 378 g/mol. The lowest BCUT2D eigenvalue weighted by molar-refractivity contribution is -0.111. The summed E-state index contributed by atoms with van der Waals surface area (Å²) in [5, 5.41) is 3.53. The van der Waals surface area contributed by atoms with Crippen molar-refractivity contribution in [3.8, 4) is 22.3 Å². The highest BCUT2D eigenvalue weighted by atomic mass is 16.2. The van der Waals surface area contributed by atoms with Crippen LogP contribution in [-0.4, -0.2) is 25.4 Å². The molecule has 0 fully saturated rings. The van der Waals surface area contributed by atoms with Crippen molar-refractivity contribution < 1.29 is 4.79 Å². The van der Waals surface area contributed by atoms with Gasteiger partial charge in [-0.15, -0.1) is 0 Å². The second kappa shape index (κ2) is 7.79. The fourth-order valence-electron chi connectivity index (χ4n) is 3.38. The largest absolute Gasteiger partial charge is 0.346 e. The molecule has 4 aromatic heterocycles. The smallest absolute Gasteiger partial charge is 0.274 e. The third-order valence-electron chi connectivity index (χ3n) is 4.98. The lowest BCUT2D eigenvalue weighted by atomic mass is 10.0. The number of hydrogen-bond donors (Lipinski definition) is 2. The lowest BCUT2D eigenvalue weighted by Crippen LogP contribution is -2.23. The van der Waals surface area contributed by atoms with E-state index >= 15 is 0 Å². The van der Waals surface area contributed by atoms with Gasteiger partial charge >= 0.3 is 0 Å². The molecule has 4 aromatic rings. The van der Waals surface area contributed by atoms with Gasteiger partial charge in [0.25, 0.3) is 5.56 Å². The van der Waals surface area contributed by atoms with Crippen molar-refractivity contribution in [2.75, 3.05) is 5.32 Å². The number of nitrogens with zero attached hydrogens (tertiary/aromatic N) is 3. The molecule has 4 rings (SSSR count). The van der Waals surface area contributed by atoms with E-state index in [4.69, 9.17) is 0 Å². The Kier molecular flexibility index (Phi) is 5.02. The van der Waals surface area contributed by atoms with Crippen LogP contribution in [0.1, 0.15) is 12.6 Å². The summed E-state index contributed by atoms with van der Waals surface area (Å²) in [5.74, 6) is -0.435. The van der Waals surface area contributed by atoms with Gasteiger partial charge < -0.3 is 14.9 Å². The molecule has 2 N–H and O–H groups in total. The number of H-pyrrole nitrogens is 1. The summed E-state index contributed by atoms with van der Waals surface area (Å²) in [6, 6.07) is 7.73. The van der Waals surface area contributed by atoms with E-state index in [0.29, 0.717) is 0 Å². The van der Waals surface area contributed by atoms with Gasteiger partial charge in [0, 0.05) is 59.6 Å². The fraction of sp³-hybridized carbons (Fsp3) is 0.130. The van der Waals surface area contributed by atoms with Gasteiger partial charge in [0.1, 0.15) is 11.3 Å². The number of aryl methyl sites for hydroxylation is 2. The molecule has 1 amide bonds. The van der Waals surface area contributed by atoms with E-state index in [1.54, 1.807) is 25.5 Å². The first-order valence-corrected chi connectivity index (χ1v) is 9.57. The van der Waals surface area contributed by atoms with Crippen LogP contribution in [0.15, 0.2) is 66.5 Å². The van der Waals surface area contributed by atoms with Gasteiger partial charge in [-0.2, -0.15) is 0 Å². The summed E-state index contributed by atoms with van der Waals surface area (Å²) in [5.41, 5.74) is 5.37. The van der Waals surface area contributed by atoms with Crippen molar-refractivity contribution in [1.82, 2.24) is 19.5 Å². The molecule has 0 atom stereocenters. The molecule has 150 valence electrons. The third kappa shape index (κ3) is 3.53. The van der Waals surface area contributed by atoms with Gasteiger partial charge in [0.2, 0.25) is 5.91 Å². The highest BCUT2D eigenvalue weighted by molar-refractivity contribution is 5.99. The minimum absolute atomic E-state index is 0.191. The second-order valence-electron chi connectivity index (χ2n) is 6.96. The Bertz CT molecular complexity index is 1330. The maximum Gasteiger partial charge on any atom is 0.274 e. The molecule has 30 heavy (non-hydrogen) atoms. The van der Waals surface area contributed by atoms with Crippen LogP contribution in [0.2, 0.25) is 0 Å². The van der Waals surface area contributed by atoms with E-state index in [2.05, 4.69) is 39.8 Å². The predicted molar refractivity (Wildman–Crippen MR) is 118 cm³/mol. The molecule has 7 heteroatoms. The first-order chi connectivity index (χ1) is 14.5. The number of aromatic amines is 1. The summed E-state index contributed by atoms with van der Waals surface area (Å²) in [4.78, 5) is 36.2. The van der Waals surface area contributed by atoms with Crippen molar-refractivity contribution in [3.05, 3.63) is 77.8 Å². The molecule has 0 radical (unpaired) electrons. The van der Waals surface area contributed by atoms with Crippen LogP contribution in [0.5, 0.6) is 0 Å². The number of carbonyl (C=O) groups is 1. The Labute approximate surface area is 173 Å². The number of fused-ring (bicyclic) bond motifs is 1. The van der Waals surface area contributed by atoms with Gasteiger partial charge in [-0.25, -0.2) is 4.98 Å². The molecular formula is C23H21N5O2. The normalized spacial score (nSPS) is 10.9. The average molecular weight is 399 g/mol. The number of carbonyl (C=O) groups excluding carboxylic acids is 1. The molecule has 0 aromatic carbocycles. The van der Waals surface area contributed by atoms with Gasteiger partial charge in [-0.05, 0) is 42.3 Å². The maximum absolute atomic E-state index is 12.4. The van der Waals surface area contributed by atoms with E-state index in [-0.39, 0.29) is 11.2 Å². The van der Waals surface area contributed by atoms with Gasteiger partial charge in [0.05, 0.1) is 0 Å². The van der Waals surface area contributed by atoms with Crippen LogP contribution in [0.4, 0.5) is 5.69 Å². The van der Waals surface area contributed by atoms with Crippen molar-refractivity contribution >= 4 is 22.6 Å². The van der Waals surface area contributed by atoms with Crippen LogP contribution in [-0.2, 0) is 18.3 Å². The van der Waals surface area contributed by atoms with Crippen LogP contribution in [0, 0.1) is 0 Å². The quantitative estimate of drug-likeness (QED) is 0.501. The summed E-state index contributed by atoms with van der Waals surface area (Å²) >= 11 is 0. The van der Waals surface area contributed by atoms with Crippen LogP contribution in [0.3, 0.4) is 0 Å². The van der Waals surface area contributed by atoms with E-state index in [0.717, 1.165) is 51.5 Å². The SMILES string of the molecule is C=CC(=O)Nc1cc(-c2cnc3[nH]cc(-c4ccnc(CC)c4)c3c2)cn(C)c1=O. The lowest BCUT2D eigenvalue weighted by Gasteiger charge is -2.09. The summed E-state index contributed by atoms with van der Waals surface area (Å²) in [6.45, 7) is 5.50. The average Bonchev–Trinajstić information content (AvgIpc) is 3.20. The fourth-order valence-corrected chi connectivity index (χ4v) is 3.38. The number of rotatable bonds is 5. The van der Waals surface area contributed by atoms with Crippen LogP contribution in [0.25, 0.3) is 33.3 Å². The first kappa shape index (κ1) is 19.3. The zero-order chi connectivity index (χ0) is 21.3. The molecule has 0 saturated heterocycles. The summed E-state index contributed by atoms with van der Waals surface area (Å²) < 4.78 is 1.44. The van der Waals surface area contributed by atoms with E-state index < -0.39 is 5.91 Å². The van der Waals surface area contributed by atoms with Crippen molar-refractivity contribution in [2.24, 2.45) is 7.05 Å². The Balaban J connectivity index is 1.83. The monoisotopic (exact) mass is 399 g/mol. The number of anilines is 1. The van der Waals surface area contributed by atoms with Gasteiger partial charge in [0.15, 0.2) is 0 Å². The first-order valence-electron chi connectivity index (χ1n) is 9.57. The second-order valence-corrected chi connectivity index (χ2v) is 6.96. The van der Waals surface area contributed by atoms with Crippen molar-refractivity contribution in [3.63, 3.8) is 0 Å². The summed E-state index contributed by atoms with van der Waals surface area (Å²) in [7, 11) is 1.65. The molecule has 0 aliphatic carbocycles. The number of aromatic nitrogens is 4. The molecule has 4 heterocycles. The maximum atomic E-state index is 12.4. The zero-order valence-corrected chi connectivity index (χ0v) is 16.8. The standard InChI is InChI=1S/C23H21N5O2/c1-4-17-8-14(6-7-24-17)19-12-26-22-18(19)9-15(11-25-22)16-10-20(27-21(29)5-2)23(30)28(3)13-16/h5-13H,2,4H2,1,3H3,(H,25,26)(H,27,29). The molecule has 0 aliphatic heterocycles. The summed E-state index contributed by atoms with van der Waals surface area (Å²) in [6.07, 6.45) is 9.20. The Morgan fingerprint density at radius 3 is 2.83 bits per heavy atom. The topological polar surface area (TPSA) is 92.7 Å². The van der Waals surface area contributed by atoms with Crippen molar-refractivity contribution in [2.45, 2.75) is 13.3 Å². The number of pyridine rings is 3. The minimum Gasteiger partial charge on any atom is -0.346 e. The molecule has 0 bridgehead atoms. The molecule has 0 saturated carbocycles. The van der Waals surface area contributed by atoms with Gasteiger partial charge in [-0.1, -0.05) is 13.5 Å². The van der Waals surface area contributed by atoms with E-state index in [9.17, 15) is 9.59 Å². The Morgan fingerprint density at radius 1 is 1.23 bits per heavy atom. The molecule has 7 nitrogen and oxygen atoms in total.